The molecule has 1 aliphatic carbocycles. The molecule has 7 heteroatoms. The molecule has 0 spiro atoms. The predicted molar refractivity (Wildman–Crippen MR) is 104 cm³/mol. The molecule has 0 atom stereocenters. The molecule has 0 bridgehead atoms. The first-order valence-corrected chi connectivity index (χ1v) is 10.2. The van der Waals surface area contributed by atoms with Crippen LogP contribution in [0.25, 0.3) is 10.2 Å². The zero-order chi connectivity index (χ0) is 17.6. The largest absolute Gasteiger partial charge is 0.496 e. The minimum absolute atomic E-state index is 0.0601. The lowest BCUT2D eigenvalue weighted by Gasteiger charge is -2.10. The lowest BCUT2D eigenvalue weighted by molar-refractivity contribution is 0.411. The third-order valence-corrected chi connectivity index (χ3v) is 7.00. The molecule has 0 radical (unpaired) electrons. The van der Waals surface area contributed by atoms with Crippen molar-refractivity contribution in [3.63, 3.8) is 0 Å². The van der Waals surface area contributed by atoms with Crippen LogP contribution in [0.5, 0.6) is 5.75 Å². The van der Waals surface area contributed by atoms with Crippen molar-refractivity contribution in [2.75, 3.05) is 7.11 Å². The van der Waals surface area contributed by atoms with Gasteiger partial charge in [-0.15, -0.1) is 11.3 Å². The van der Waals surface area contributed by atoms with E-state index in [2.05, 4.69) is 0 Å². The number of methoxy groups -OCH3 is 1. The molecule has 0 aliphatic heterocycles. The Balaban J connectivity index is 1.70. The standard InChI is InChI=1S/C18H17ClN2O2S2/c1-21-17(22)15-12-4-3-5-14(12)25-16(15)20-18(21)24-9-10-8-11(19)6-7-13(10)23-2/h6-8H,3-5,9H2,1-2H3. The van der Waals surface area contributed by atoms with E-state index in [1.54, 1.807) is 30.1 Å². The second-order valence-electron chi connectivity index (χ2n) is 6.04. The van der Waals surface area contributed by atoms with E-state index in [1.807, 2.05) is 18.2 Å². The molecule has 0 saturated carbocycles. The van der Waals surface area contributed by atoms with Crippen molar-refractivity contribution >= 4 is 44.9 Å². The van der Waals surface area contributed by atoms with Gasteiger partial charge in [-0.2, -0.15) is 0 Å². The topological polar surface area (TPSA) is 44.1 Å². The zero-order valence-electron chi connectivity index (χ0n) is 14.0. The summed E-state index contributed by atoms with van der Waals surface area (Å²) in [5.41, 5.74) is 2.27. The van der Waals surface area contributed by atoms with Gasteiger partial charge in [0.1, 0.15) is 10.6 Å². The number of fused-ring (bicyclic) bond motifs is 3. The lowest BCUT2D eigenvalue weighted by Crippen LogP contribution is -2.20. The molecular formula is C18H17ClN2O2S2. The third-order valence-electron chi connectivity index (χ3n) is 4.50. The van der Waals surface area contributed by atoms with Gasteiger partial charge in [-0.05, 0) is 43.0 Å². The highest BCUT2D eigenvalue weighted by Crippen LogP contribution is 2.36. The Kier molecular flexibility index (Phi) is 4.52. The van der Waals surface area contributed by atoms with E-state index >= 15 is 0 Å². The van der Waals surface area contributed by atoms with Gasteiger partial charge in [0.25, 0.3) is 5.56 Å². The molecular weight excluding hydrogens is 376 g/mol. The minimum Gasteiger partial charge on any atom is -0.496 e. The number of hydrogen-bond donors (Lipinski definition) is 0. The molecule has 0 unspecified atom stereocenters. The van der Waals surface area contributed by atoms with Crippen molar-refractivity contribution < 1.29 is 4.74 Å². The van der Waals surface area contributed by atoms with Gasteiger partial charge in [-0.25, -0.2) is 4.98 Å². The number of benzene rings is 1. The summed E-state index contributed by atoms with van der Waals surface area (Å²) in [5, 5.41) is 2.22. The van der Waals surface area contributed by atoms with Crippen LogP contribution in [0.3, 0.4) is 0 Å². The van der Waals surface area contributed by atoms with Crippen LogP contribution in [0.15, 0.2) is 28.2 Å². The van der Waals surface area contributed by atoms with Gasteiger partial charge in [0.15, 0.2) is 5.16 Å². The Hall–Kier alpha value is -1.50. The van der Waals surface area contributed by atoms with Crippen LogP contribution in [-0.4, -0.2) is 16.7 Å². The van der Waals surface area contributed by atoms with Crippen molar-refractivity contribution in [3.8, 4) is 5.75 Å². The first kappa shape index (κ1) is 16.9. The number of aryl methyl sites for hydroxylation is 2. The summed E-state index contributed by atoms with van der Waals surface area (Å²) < 4.78 is 7.06. The highest BCUT2D eigenvalue weighted by atomic mass is 35.5. The summed E-state index contributed by atoms with van der Waals surface area (Å²) in [4.78, 5) is 19.8. The van der Waals surface area contributed by atoms with Crippen molar-refractivity contribution in [2.45, 2.75) is 30.2 Å². The first-order chi connectivity index (χ1) is 12.1. The number of halogens is 1. The Bertz CT molecular complexity index is 1030. The van der Waals surface area contributed by atoms with Gasteiger partial charge in [-0.1, -0.05) is 23.4 Å². The van der Waals surface area contributed by atoms with Gasteiger partial charge >= 0.3 is 0 Å². The molecule has 3 aromatic rings. The van der Waals surface area contributed by atoms with Gasteiger partial charge in [0.05, 0.1) is 12.5 Å². The van der Waals surface area contributed by atoms with Crippen molar-refractivity contribution in [1.82, 2.24) is 9.55 Å². The van der Waals surface area contributed by atoms with Crippen LogP contribution >= 0.6 is 34.7 Å². The molecule has 0 fully saturated rings. The summed E-state index contributed by atoms with van der Waals surface area (Å²) in [6.07, 6.45) is 3.21. The second kappa shape index (κ2) is 6.67. The van der Waals surface area contributed by atoms with Gasteiger partial charge in [0.2, 0.25) is 0 Å². The van der Waals surface area contributed by atoms with Crippen LogP contribution in [0.1, 0.15) is 22.4 Å². The molecule has 0 saturated heterocycles. The summed E-state index contributed by atoms with van der Waals surface area (Å²) >= 11 is 9.30. The zero-order valence-corrected chi connectivity index (χ0v) is 16.4. The lowest BCUT2D eigenvalue weighted by atomic mass is 10.2. The molecule has 2 heterocycles. The number of ether oxygens (including phenoxy) is 1. The predicted octanol–water partition coefficient (Wildman–Crippen LogP) is 4.44. The monoisotopic (exact) mass is 392 g/mol. The smallest absolute Gasteiger partial charge is 0.262 e. The summed E-state index contributed by atoms with van der Waals surface area (Å²) in [7, 11) is 3.44. The number of nitrogens with zero attached hydrogens (tertiary/aromatic N) is 2. The van der Waals surface area contributed by atoms with E-state index < -0.39 is 0 Å². The minimum atomic E-state index is 0.0601. The third kappa shape index (κ3) is 2.96. The second-order valence-corrected chi connectivity index (χ2v) is 8.50. The Labute approximate surface area is 158 Å². The van der Waals surface area contributed by atoms with Crippen LogP contribution in [0, 0.1) is 0 Å². The molecule has 1 aromatic carbocycles. The van der Waals surface area contributed by atoms with Crippen molar-refractivity contribution in [2.24, 2.45) is 7.05 Å². The fourth-order valence-electron chi connectivity index (χ4n) is 3.24. The van der Waals surface area contributed by atoms with E-state index in [0.29, 0.717) is 10.8 Å². The molecule has 1 aliphatic rings. The number of thiophene rings is 1. The van der Waals surface area contributed by atoms with Crippen molar-refractivity contribution in [3.05, 3.63) is 49.6 Å². The Morgan fingerprint density at radius 2 is 2.24 bits per heavy atom. The maximum absolute atomic E-state index is 12.8. The summed E-state index contributed by atoms with van der Waals surface area (Å²) in [6.45, 7) is 0. The molecule has 25 heavy (non-hydrogen) atoms. The number of aromatic nitrogens is 2. The number of thioether (sulfide) groups is 1. The summed E-state index contributed by atoms with van der Waals surface area (Å²) in [6, 6.07) is 5.56. The average Bonchev–Trinajstić information content (AvgIpc) is 3.17. The Morgan fingerprint density at radius 1 is 1.40 bits per heavy atom. The van der Waals surface area contributed by atoms with E-state index in [9.17, 15) is 4.79 Å². The SMILES string of the molecule is COc1ccc(Cl)cc1CSc1nc2sc3c(c2c(=O)n1C)CCC3. The van der Waals surface area contributed by atoms with Crippen molar-refractivity contribution in [1.29, 1.82) is 0 Å². The molecule has 4 nitrogen and oxygen atoms in total. The average molecular weight is 393 g/mol. The van der Waals surface area contributed by atoms with E-state index in [0.717, 1.165) is 45.9 Å². The molecule has 0 N–H and O–H groups in total. The highest BCUT2D eigenvalue weighted by molar-refractivity contribution is 7.98. The first-order valence-electron chi connectivity index (χ1n) is 8.05. The van der Waals surface area contributed by atoms with Gasteiger partial charge < -0.3 is 4.74 Å². The van der Waals surface area contributed by atoms with Crippen LogP contribution in [-0.2, 0) is 25.6 Å². The highest BCUT2D eigenvalue weighted by Gasteiger charge is 2.22. The Morgan fingerprint density at radius 3 is 3.04 bits per heavy atom. The fourth-order valence-corrected chi connectivity index (χ4v) is 5.68. The number of hydrogen-bond acceptors (Lipinski definition) is 5. The van der Waals surface area contributed by atoms with Gasteiger partial charge in [-0.3, -0.25) is 9.36 Å². The maximum atomic E-state index is 12.8. The molecule has 2 aromatic heterocycles. The van der Waals surface area contributed by atoms with Crippen LogP contribution in [0.2, 0.25) is 5.02 Å². The van der Waals surface area contributed by atoms with Gasteiger partial charge in [0, 0.05) is 28.3 Å². The van der Waals surface area contributed by atoms with E-state index in [4.69, 9.17) is 21.3 Å². The van der Waals surface area contributed by atoms with E-state index in [1.165, 1.54) is 22.2 Å². The molecule has 130 valence electrons. The number of rotatable bonds is 4. The molecule has 4 rings (SSSR count). The van der Waals surface area contributed by atoms with Crippen LogP contribution < -0.4 is 10.3 Å². The van der Waals surface area contributed by atoms with E-state index in [-0.39, 0.29) is 5.56 Å². The fraction of sp³-hybridized carbons (Fsp3) is 0.333. The summed E-state index contributed by atoms with van der Waals surface area (Å²) in [5.74, 6) is 1.43. The maximum Gasteiger partial charge on any atom is 0.262 e. The van der Waals surface area contributed by atoms with Crippen LogP contribution in [0.4, 0.5) is 0 Å². The quantitative estimate of drug-likeness (QED) is 0.486. The normalized spacial score (nSPS) is 13.4. The molecule has 0 amide bonds.